The molecule has 2 rings (SSSR count). The largest absolute Gasteiger partial charge is 0.466 e. The molecule has 2 fully saturated rings. The van der Waals surface area contributed by atoms with E-state index in [1.54, 1.807) is 13.0 Å². The van der Waals surface area contributed by atoms with Gasteiger partial charge in [-0.3, -0.25) is 4.79 Å². The van der Waals surface area contributed by atoms with Crippen molar-refractivity contribution in [1.82, 2.24) is 0 Å². The van der Waals surface area contributed by atoms with Gasteiger partial charge in [0.25, 0.3) is 0 Å². The molecule has 0 aromatic rings. The summed E-state index contributed by atoms with van der Waals surface area (Å²) in [4.78, 5) is 12.0. The summed E-state index contributed by atoms with van der Waals surface area (Å²) in [7, 11) is 0. The summed E-state index contributed by atoms with van der Waals surface area (Å²) < 4.78 is 69.2. The van der Waals surface area contributed by atoms with Gasteiger partial charge in [0.05, 0.1) is 18.8 Å². The zero-order chi connectivity index (χ0) is 27.7. The van der Waals surface area contributed by atoms with E-state index in [0.29, 0.717) is 24.8 Å². The third kappa shape index (κ3) is 6.50. The lowest BCUT2D eigenvalue weighted by atomic mass is 9.89. The van der Waals surface area contributed by atoms with Crippen LogP contribution >= 0.6 is 0 Å². The van der Waals surface area contributed by atoms with Crippen molar-refractivity contribution in [3.8, 4) is 11.8 Å². The molecule has 4 heteroatoms. The van der Waals surface area contributed by atoms with E-state index in [4.69, 9.17) is 11.0 Å². The van der Waals surface area contributed by atoms with Crippen molar-refractivity contribution in [2.24, 2.45) is 23.7 Å². The Hall–Kier alpha value is -1.57. The Morgan fingerprint density at radius 2 is 2.25 bits per heavy atom. The van der Waals surface area contributed by atoms with Crippen LogP contribution in [0.2, 0.25) is 0 Å². The first kappa shape index (κ1) is 13.6. The molecule has 28 heavy (non-hydrogen) atoms. The van der Waals surface area contributed by atoms with Crippen LogP contribution in [0.15, 0.2) is 23.8 Å². The lowest BCUT2D eigenvalue weighted by Crippen LogP contribution is -2.19. The summed E-state index contributed by atoms with van der Waals surface area (Å²) in [5, 5.41) is 21.0. The average molecular weight is 397 g/mol. The summed E-state index contributed by atoms with van der Waals surface area (Å²) in [6.07, 6.45) is -7.55. The Morgan fingerprint density at radius 1 is 1.46 bits per heavy atom. The van der Waals surface area contributed by atoms with Gasteiger partial charge in [-0.25, -0.2) is 0 Å². The van der Waals surface area contributed by atoms with Gasteiger partial charge in [-0.05, 0) is 63.6 Å². The summed E-state index contributed by atoms with van der Waals surface area (Å²) in [6, 6.07) is 0. The molecular formula is C24H36O4. The molecule has 0 aliphatic heterocycles. The number of carbonyl (C=O) groups is 1. The molecule has 2 aliphatic rings. The van der Waals surface area contributed by atoms with Crippen LogP contribution in [0.4, 0.5) is 0 Å². The highest BCUT2D eigenvalue weighted by Crippen LogP contribution is 2.50. The SMILES string of the molecule is [2H]C([2H])(C#CC)C(C)[C@H](O)/C=C/[C@@H]1[C@H]2C/C(=C/C([2H])([2H])C([2H])([2H])C([2H])([2H])C(=O)OCC)C[C@H]2C[C@H]1O. The Kier molecular flexibility index (Phi) is 5.56. The maximum Gasteiger partial charge on any atom is 0.305 e. The van der Waals surface area contributed by atoms with E-state index >= 15 is 0 Å². The molecule has 1 unspecified atom stereocenters. The first-order valence-corrected chi connectivity index (χ1v) is 9.79. The second-order valence-corrected chi connectivity index (χ2v) is 7.31. The van der Waals surface area contributed by atoms with Crippen LogP contribution in [0.1, 0.15) is 76.5 Å². The van der Waals surface area contributed by atoms with Crippen molar-refractivity contribution in [2.75, 3.05) is 6.61 Å². The van der Waals surface area contributed by atoms with Gasteiger partial charge in [-0.1, -0.05) is 30.7 Å². The zero-order valence-corrected chi connectivity index (χ0v) is 16.7. The molecule has 0 aromatic heterocycles. The number of carbonyl (C=O) groups excluding carboxylic acids is 1. The Morgan fingerprint density at radius 3 is 2.96 bits per heavy atom. The first-order valence-electron chi connectivity index (χ1n) is 13.8. The molecule has 6 atom stereocenters. The fraction of sp³-hybridized carbons (Fsp3) is 0.708. The minimum absolute atomic E-state index is 0.00338. The molecule has 0 heterocycles. The molecule has 2 aliphatic carbocycles. The second kappa shape index (κ2) is 11.4. The number of hydrogen-bond donors (Lipinski definition) is 2. The number of esters is 1. The Labute approximate surface area is 181 Å². The summed E-state index contributed by atoms with van der Waals surface area (Å²) >= 11 is 0. The monoisotopic (exact) mass is 396 g/mol. The molecule has 4 nitrogen and oxygen atoms in total. The van der Waals surface area contributed by atoms with Crippen LogP contribution in [-0.2, 0) is 9.53 Å². The number of rotatable bonds is 9. The van der Waals surface area contributed by atoms with Crippen LogP contribution in [-0.4, -0.2) is 35.0 Å². The number of ether oxygens (including phenoxy) is 1. The van der Waals surface area contributed by atoms with E-state index in [1.165, 1.54) is 19.9 Å². The average Bonchev–Trinajstić information content (AvgIpc) is 3.26. The molecule has 0 spiro atoms. The van der Waals surface area contributed by atoms with Crippen LogP contribution < -0.4 is 0 Å². The van der Waals surface area contributed by atoms with Gasteiger partial charge >= 0.3 is 5.97 Å². The predicted molar refractivity (Wildman–Crippen MR) is 111 cm³/mol. The van der Waals surface area contributed by atoms with E-state index in [-0.39, 0.29) is 24.4 Å². The minimum Gasteiger partial charge on any atom is -0.466 e. The van der Waals surface area contributed by atoms with Gasteiger partial charge in [-0.15, -0.1) is 11.8 Å². The standard InChI is InChI=1S/C24H36O4/c1-4-6-9-17(3)22(25)13-12-20-21-15-18(14-19(21)16-23(20)26)10-7-8-11-24(27)28-5-2/h10,12-13,17,19-23,25-26H,5,7-9,11,14-16H2,1-3H3/b13-12+,18-10+/t17?,19-,20+,21-,22+,23+/m0/s1/i7D2,8D2,9D2,11D2. The molecule has 0 amide bonds. The quantitative estimate of drug-likeness (QED) is 0.351. The van der Waals surface area contributed by atoms with Gasteiger partial charge in [0.15, 0.2) is 0 Å². The number of fused-ring (bicyclic) bond motifs is 1. The molecule has 2 saturated carbocycles. The van der Waals surface area contributed by atoms with E-state index in [2.05, 4.69) is 16.6 Å². The van der Waals surface area contributed by atoms with Crippen LogP contribution in [0.5, 0.6) is 0 Å². The van der Waals surface area contributed by atoms with Crippen molar-refractivity contribution < 1.29 is 30.7 Å². The third-order valence-corrected chi connectivity index (χ3v) is 5.37. The summed E-state index contributed by atoms with van der Waals surface area (Å²) in [6.45, 7) is 4.36. The maximum absolute atomic E-state index is 12.0. The predicted octanol–water partition coefficient (Wildman–Crippen LogP) is 4.02. The number of aliphatic hydroxyl groups excluding tert-OH is 2. The van der Waals surface area contributed by atoms with Gasteiger partial charge < -0.3 is 14.9 Å². The zero-order valence-electron chi connectivity index (χ0n) is 24.7. The van der Waals surface area contributed by atoms with Gasteiger partial charge in [-0.2, -0.15) is 0 Å². The molecular weight excluding hydrogens is 352 g/mol. The highest BCUT2D eigenvalue weighted by Gasteiger charge is 2.44. The van der Waals surface area contributed by atoms with E-state index < -0.39 is 49.6 Å². The van der Waals surface area contributed by atoms with Crippen LogP contribution in [0, 0.1) is 35.5 Å². The Bertz CT molecular complexity index is 934. The topological polar surface area (TPSA) is 66.8 Å². The smallest absolute Gasteiger partial charge is 0.305 e. The Balaban J connectivity index is 2.20. The molecule has 0 radical (unpaired) electrons. The highest BCUT2D eigenvalue weighted by molar-refractivity contribution is 5.69. The summed E-state index contributed by atoms with van der Waals surface area (Å²) in [5.41, 5.74) is 0.576. The fourth-order valence-corrected chi connectivity index (χ4v) is 3.96. The summed E-state index contributed by atoms with van der Waals surface area (Å²) in [5.74, 6) is 2.24. The maximum atomic E-state index is 12.0. The normalized spacial score (nSPS) is 36.4. The van der Waals surface area contributed by atoms with Crippen LogP contribution in [0.3, 0.4) is 0 Å². The van der Waals surface area contributed by atoms with Crippen molar-refractivity contribution in [1.29, 1.82) is 0 Å². The van der Waals surface area contributed by atoms with Gasteiger partial charge in [0.1, 0.15) is 0 Å². The lowest BCUT2D eigenvalue weighted by molar-refractivity contribution is -0.143. The molecule has 0 aromatic carbocycles. The van der Waals surface area contributed by atoms with Gasteiger partial charge in [0, 0.05) is 29.6 Å². The van der Waals surface area contributed by atoms with E-state index in [1.807, 2.05) is 0 Å². The lowest BCUT2D eigenvalue weighted by Gasteiger charge is -2.19. The first-order chi connectivity index (χ1) is 16.4. The molecule has 2 N–H and O–H groups in total. The number of allylic oxidation sites excluding steroid dienone is 2. The molecule has 0 bridgehead atoms. The van der Waals surface area contributed by atoms with Crippen molar-refractivity contribution in [2.45, 2.75) is 77.7 Å². The van der Waals surface area contributed by atoms with Crippen molar-refractivity contribution in [3.63, 3.8) is 0 Å². The van der Waals surface area contributed by atoms with Crippen molar-refractivity contribution >= 4 is 5.97 Å². The molecule has 156 valence electrons. The molecule has 0 saturated heterocycles. The highest BCUT2D eigenvalue weighted by atomic mass is 16.5. The number of hydrogen-bond acceptors (Lipinski definition) is 4. The third-order valence-electron chi connectivity index (χ3n) is 5.37. The van der Waals surface area contributed by atoms with Crippen molar-refractivity contribution in [3.05, 3.63) is 23.8 Å². The minimum atomic E-state index is -3.21. The fourth-order valence-electron chi connectivity index (χ4n) is 3.96. The second-order valence-electron chi connectivity index (χ2n) is 7.31. The number of aliphatic hydroxyl groups is 2. The van der Waals surface area contributed by atoms with E-state index in [9.17, 15) is 15.0 Å². The van der Waals surface area contributed by atoms with Crippen LogP contribution in [0.25, 0.3) is 0 Å². The van der Waals surface area contributed by atoms with E-state index in [0.717, 1.165) is 6.08 Å². The van der Waals surface area contributed by atoms with Gasteiger partial charge in [0.2, 0.25) is 0 Å².